The summed E-state index contributed by atoms with van der Waals surface area (Å²) in [6.45, 7) is 0. The first-order valence-corrected chi connectivity index (χ1v) is 8.38. The van der Waals surface area contributed by atoms with Crippen molar-refractivity contribution in [3.8, 4) is 11.5 Å². The van der Waals surface area contributed by atoms with Gasteiger partial charge in [-0.15, -0.1) is 0 Å². The maximum absolute atomic E-state index is 12.8. The second kappa shape index (κ2) is 8.97. The lowest BCUT2D eigenvalue weighted by molar-refractivity contribution is -0.138. The van der Waals surface area contributed by atoms with Crippen LogP contribution in [0.25, 0.3) is 0 Å². The Balaban J connectivity index is 2.05. The molecule has 0 aliphatic rings. The van der Waals surface area contributed by atoms with E-state index in [1.165, 1.54) is 0 Å². The number of alkyl halides is 6. The number of hydrogen-bond donors (Lipinski definition) is 0. The Kier molecular flexibility index (Phi) is 7.04. The normalized spacial score (nSPS) is 12.1. The molecule has 0 fully saturated rings. The number of hydrogen-bond acceptors (Lipinski definition) is 4. The number of carbonyl (C=O) groups excluding carboxylic acids is 2. The first-order chi connectivity index (χ1) is 13.8. The SMILES string of the molecule is O=C(/C=C/C(=O)Oc1ccc(Cl)c(C(F)(F)F)c1)Oc1ccc(Cl)c(C(F)(F)F)c1. The Hall–Kier alpha value is -2.72. The lowest BCUT2D eigenvalue weighted by atomic mass is 10.2. The number of halogens is 8. The van der Waals surface area contributed by atoms with E-state index < -0.39 is 57.0 Å². The summed E-state index contributed by atoms with van der Waals surface area (Å²) >= 11 is 10.9. The topological polar surface area (TPSA) is 52.6 Å². The highest BCUT2D eigenvalue weighted by Gasteiger charge is 2.34. The molecule has 0 aliphatic heterocycles. The molecule has 0 bridgehead atoms. The molecule has 0 unspecified atom stereocenters. The monoisotopic (exact) mass is 472 g/mol. The molecule has 0 amide bonds. The zero-order chi connectivity index (χ0) is 22.7. The first-order valence-electron chi connectivity index (χ1n) is 7.62. The van der Waals surface area contributed by atoms with Crippen molar-refractivity contribution in [1.29, 1.82) is 0 Å². The van der Waals surface area contributed by atoms with Crippen molar-refractivity contribution >= 4 is 35.1 Å². The lowest BCUT2D eigenvalue weighted by Crippen LogP contribution is -2.11. The fourth-order valence-corrected chi connectivity index (χ4v) is 2.46. The average molecular weight is 473 g/mol. The van der Waals surface area contributed by atoms with E-state index in [4.69, 9.17) is 23.2 Å². The van der Waals surface area contributed by atoms with E-state index in [1.54, 1.807) is 0 Å². The number of esters is 2. The zero-order valence-electron chi connectivity index (χ0n) is 14.3. The molecular weight excluding hydrogens is 465 g/mol. The summed E-state index contributed by atoms with van der Waals surface area (Å²) in [5.74, 6) is -3.48. The van der Waals surface area contributed by atoms with Gasteiger partial charge in [0.15, 0.2) is 0 Å². The van der Waals surface area contributed by atoms with Crippen molar-refractivity contribution in [2.45, 2.75) is 12.4 Å². The number of rotatable bonds is 4. The van der Waals surface area contributed by atoms with Crippen LogP contribution in [-0.2, 0) is 21.9 Å². The molecule has 0 spiro atoms. The molecule has 160 valence electrons. The van der Waals surface area contributed by atoms with E-state index in [9.17, 15) is 35.9 Å². The molecule has 2 aromatic carbocycles. The Morgan fingerprint density at radius 1 is 0.700 bits per heavy atom. The van der Waals surface area contributed by atoms with Gasteiger partial charge in [0.05, 0.1) is 21.2 Å². The highest BCUT2D eigenvalue weighted by molar-refractivity contribution is 6.31. The standard InChI is InChI=1S/C18H8Cl2F6O4/c19-13-3-1-9(7-11(13)17(21,22)23)29-15(27)5-6-16(28)30-10-2-4-14(20)12(8-10)18(24,25)26/h1-8H/b6-5+. The van der Waals surface area contributed by atoms with Gasteiger partial charge < -0.3 is 9.47 Å². The molecule has 30 heavy (non-hydrogen) atoms. The van der Waals surface area contributed by atoms with Crippen molar-refractivity contribution in [2.24, 2.45) is 0 Å². The van der Waals surface area contributed by atoms with E-state index in [0.29, 0.717) is 24.3 Å². The van der Waals surface area contributed by atoms with E-state index in [2.05, 4.69) is 9.47 Å². The average Bonchev–Trinajstić information content (AvgIpc) is 2.61. The van der Waals surface area contributed by atoms with Gasteiger partial charge in [0, 0.05) is 12.2 Å². The second-order valence-electron chi connectivity index (χ2n) is 5.45. The van der Waals surface area contributed by atoms with Crippen molar-refractivity contribution < 1.29 is 45.4 Å². The molecule has 2 aromatic rings. The molecule has 4 nitrogen and oxygen atoms in total. The molecule has 2 rings (SSSR count). The summed E-state index contributed by atoms with van der Waals surface area (Å²) in [5.41, 5.74) is -2.47. The maximum Gasteiger partial charge on any atom is 0.417 e. The lowest BCUT2D eigenvalue weighted by Gasteiger charge is -2.10. The fourth-order valence-electron chi connectivity index (χ4n) is 2.01. The van der Waals surface area contributed by atoms with Crippen LogP contribution in [0.3, 0.4) is 0 Å². The predicted molar refractivity (Wildman–Crippen MR) is 93.3 cm³/mol. The minimum Gasteiger partial charge on any atom is -0.423 e. The third-order valence-electron chi connectivity index (χ3n) is 3.28. The summed E-state index contributed by atoms with van der Waals surface area (Å²) in [7, 11) is 0. The van der Waals surface area contributed by atoms with Gasteiger partial charge in [-0.1, -0.05) is 23.2 Å². The van der Waals surface area contributed by atoms with Crippen molar-refractivity contribution in [1.82, 2.24) is 0 Å². The van der Waals surface area contributed by atoms with Gasteiger partial charge in [0.1, 0.15) is 11.5 Å². The van der Waals surface area contributed by atoms with Gasteiger partial charge in [-0.3, -0.25) is 0 Å². The summed E-state index contributed by atoms with van der Waals surface area (Å²) in [5, 5.41) is -1.22. The van der Waals surface area contributed by atoms with E-state index in [1.807, 2.05) is 0 Å². The van der Waals surface area contributed by atoms with Gasteiger partial charge in [-0.25, -0.2) is 9.59 Å². The quantitative estimate of drug-likeness (QED) is 0.233. The highest BCUT2D eigenvalue weighted by atomic mass is 35.5. The molecular formula is C18H8Cl2F6O4. The second-order valence-corrected chi connectivity index (χ2v) is 6.27. The van der Waals surface area contributed by atoms with E-state index in [-0.39, 0.29) is 0 Å². The van der Waals surface area contributed by atoms with Crippen LogP contribution < -0.4 is 9.47 Å². The molecule has 0 N–H and O–H groups in total. The first kappa shape index (κ1) is 23.6. The van der Waals surface area contributed by atoms with E-state index in [0.717, 1.165) is 24.3 Å². The minimum atomic E-state index is -4.78. The number of carbonyl (C=O) groups is 2. The number of benzene rings is 2. The van der Waals surface area contributed by atoms with Crippen molar-refractivity contribution in [2.75, 3.05) is 0 Å². The molecule has 0 radical (unpaired) electrons. The highest BCUT2D eigenvalue weighted by Crippen LogP contribution is 2.37. The third-order valence-corrected chi connectivity index (χ3v) is 3.94. The minimum absolute atomic E-state index is 0.485. The zero-order valence-corrected chi connectivity index (χ0v) is 15.8. The molecule has 0 aliphatic carbocycles. The summed E-state index contributed by atoms with van der Waals surface area (Å²) in [6.07, 6.45) is -8.53. The van der Waals surface area contributed by atoms with Crippen molar-refractivity contribution in [3.05, 3.63) is 69.7 Å². The molecule has 0 heterocycles. The van der Waals surface area contributed by atoms with Crippen LogP contribution in [0.4, 0.5) is 26.3 Å². The summed E-state index contributed by atoms with van der Waals surface area (Å²) in [4.78, 5) is 23.3. The van der Waals surface area contributed by atoms with Crippen LogP contribution >= 0.6 is 23.2 Å². The molecule has 12 heteroatoms. The Labute approximate surface area is 174 Å². The van der Waals surface area contributed by atoms with Gasteiger partial charge in [0.2, 0.25) is 0 Å². The third kappa shape index (κ3) is 6.39. The van der Waals surface area contributed by atoms with Crippen LogP contribution in [0.1, 0.15) is 11.1 Å². The molecule has 0 saturated carbocycles. The smallest absolute Gasteiger partial charge is 0.417 e. The van der Waals surface area contributed by atoms with E-state index >= 15 is 0 Å². The van der Waals surface area contributed by atoms with Crippen LogP contribution in [0, 0.1) is 0 Å². The van der Waals surface area contributed by atoms with Gasteiger partial charge >= 0.3 is 24.3 Å². The Morgan fingerprint density at radius 3 is 1.33 bits per heavy atom. The Morgan fingerprint density at radius 2 is 1.03 bits per heavy atom. The van der Waals surface area contributed by atoms with Gasteiger partial charge in [0.25, 0.3) is 0 Å². The van der Waals surface area contributed by atoms with Crippen LogP contribution in [0.15, 0.2) is 48.6 Å². The maximum atomic E-state index is 12.8. The molecule has 0 atom stereocenters. The molecule has 0 aromatic heterocycles. The fraction of sp³-hybridized carbons (Fsp3) is 0.111. The van der Waals surface area contributed by atoms with Gasteiger partial charge in [-0.05, 0) is 36.4 Å². The Bertz CT molecular complexity index is 920. The predicted octanol–water partition coefficient (Wildman–Crippen LogP) is 6.10. The molecule has 0 saturated heterocycles. The largest absolute Gasteiger partial charge is 0.423 e. The van der Waals surface area contributed by atoms with Crippen LogP contribution in [-0.4, -0.2) is 11.9 Å². The van der Waals surface area contributed by atoms with Gasteiger partial charge in [-0.2, -0.15) is 26.3 Å². The van der Waals surface area contributed by atoms with Crippen LogP contribution in [0.2, 0.25) is 10.0 Å². The summed E-state index contributed by atoms with van der Waals surface area (Å²) in [6, 6.07) is 4.69. The number of ether oxygens (including phenoxy) is 2. The van der Waals surface area contributed by atoms with Crippen LogP contribution in [0.5, 0.6) is 11.5 Å². The summed E-state index contributed by atoms with van der Waals surface area (Å²) < 4.78 is 85.9. The van der Waals surface area contributed by atoms with Crippen molar-refractivity contribution in [3.63, 3.8) is 0 Å².